The first-order valence-corrected chi connectivity index (χ1v) is 6.15. The SMILES string of the molecule is O=C(O)c1nnn(-c2ccc(O)cc2)c1C1CCC1. The summed E-state index contributed by atoms with van der Waals surface area (Å²) in [6, 6.07) is 6.47. The van der Waals surface area contributed by atoms with E-state index in [2.05, 4.69) is 10.3 Å². The second-order valence-electron chi connectivity index (χ2n) is 4.68. The standard InChI is InChI=1S/C13H13N3O3/c17-10-6-4-9(5-7-10)16-12(8-2-1-3-8)11(13(18)19)14-15-16/h4-8,17H,1-3H2,(H,18,19). The number of hydrogen-bond donors (Lipinski definition) is 2. The molecule has 0 saturated heterocycles. The van der Waals surface area contributed by atoms with Crippen LogP contribution in [0.5, 0.6) is 5.75 Å². The van der Waals surface area contributed by atoms with Gasteiger partial charge in [0.05, 0.1) is 11.4 Å². The van der Waals surface area contributed by atoms with Crippen molar-refractivity contribution in [1.82, 2.24) is 15.0 Å². The van der Waals surface area contributed by atoms with Gasteiger partial charge in [-0.25, -0.2) is 9.48 Å². The Hall–Kier alpha value is -2.37. The van der Waals surface area contributed by atoms with E-state index in [1.54, 1.807) is 28.9 Å². The number of carbonyl (C=O) groups is 1. The number of aromatic nitrogens is 3. The lowest BCUT2D eigenvalue weighted by molar-refractivity contribution is 0.0687. The Labute approximate surface area is 109 Å². The van der Waals surface area contributed by atoms with Gasteiger partial charge in [-0.2, -0.15) is 0 Å². The highest BCUT2D eigenvalue weighted by molar-refractivity contribution is 5.86. The molecule has 2 N–H and O–H groups in total. The number of phenols is 1. The molecule has 0 bridgehead atoms. The minimum atomic E-state index is -1.05. The van der Waals surface area contributed by atoms with Crippen LogP contribution in [-0.4, -0.2) is 31.2 Å². The zero-order valence-corrected chi connectivity index (χ0v) is 10.2. The van der Waals surface area contributed by atoms with Crippen LogP contribution in [0.2, 0.25) is 0 Å². The lowest BCUT2D eigenvalue weighted by atomic mass is 9.82. The van der Waals surface area contributed by atoms with E-state index in [0.29, 0.717) is 11.4 Å². The zero-order chi connectivity index (χ0) is 13.4. The lowest BCUT2D eigenvalue weighted by Crippen LogP contribution is -2.17. The molecule has 6 nitrogen and oxygen atoms in total. The molecule has 1 saturated carbocycles. The second kappa shape index (κ2) is 4.38. The van der Waals surface area contributed by atoms with Crippen LogP contribution >= 0.6 is 0 Å². The second-order valence-corrected chi connectivity index (χ2v) is 4.68. The van der Waals surface area contributed by atoms with Gasteiger partial charge in [0.15, 0.2) is 5.69 Å². The Balaban J connectivity index is 2.10. The van der Waals surface area contributed by atoms with Crippen molar-refractivity contribution in [3.63, 3.8) is 0 Å². The van der Waals surface area contributed by atoms with Crippen LogP contribution in [0.1, 0.15) is 41.4 Å². The number of phenolic OH excluding ortho intramolecular Hbond substituents is 1. The normalized spacial score (nSPS) is 15.2. The number of benzene rings is 1. The van der Waals surface area contributed by atoms with Gasteiger partial charge in [0.1, 0.15) is 5.75 Å². The number of nitrogens with zero attached hydrogens (tertiary/aromatic N) is 3. The van der Waals surface area contributed by atoms with E-state index in [0.717, 1.165) is 19.3 Å². The summed E-state index contributed by atoms with van der Waals surface area (Å²) in [5, 5.41) is 26.2. The molecule has 0 atom stereocenters. The average molecular weight is 259 g/mol. The molecular weight excluding hydrogens is 246 g/mol. The molecule has 1 aromatic heterocycles. The van der Waals surface area contributed by atoms with Crippen molar-refractivity contribution < 1.29 is 15.0 Å². The largest absolute Gasteiger partial charge is 0.508 e. The van der Waals surface area contributed by atoms with Crippen molar-refractivity contribution in [2.75, 3.05) is 0 Å². The number of carboxylic acids is 1. The summed E-state index contributed by atoms with van der Waals surface area (Å²) in [5.74, 6) is -0.686. The molecule has 0 amide bonds. The topological polar surface area (TPSA) is 88.2 Å². The summed E-state index contributed by atoms with van der Waals surface area (Å²) < 4.78 is 1.56. The maximum atomic E-state index is 11.2. The summed E-state index contributed by atoms with van der Waals surface area (Å²) in [6.45, 7) is 0. The number of aromatic carboxylic acids is 1. The molecule has 1 aliphatic rings. The summed E-state index contributed by atoms with van der Waals surface area (Å²) in [6.07, 6.45) is 3.03. The van der Waals surface area contributed by atoms with E-state index in [4.69, 9.17) is 0 Å². The third kappa shape index (κ3) is 1.95. The number of carboxylic acid groups (broad SMARTS) is 1. The van der Waals surface area contributed by atoms with Crippen molar-refractivity contribution >= 4 is 5.97 Å². The molecular formula is C13H13N3O3. The summed E-state index contributed by atoms with van der Waals surface area (Å²) in [7, 11) is 0. The monoisotopic (exact) mass is 259 g/mol. The fraction of sp³-hybridized carbons (Fsp3) is 0.308. The van der Waals surface area contributed by atoms with Crippen molar-refractivity contribution in [2.24, 2.45) is 0 Å². The first kappa shape index (κ1) is 11.7. The van der Waals surface area contributed by atoms with Crippen LogP contribution in [0, 0.1) is 0 Å². The Morgan fingerprint density at radius 3 is 2.47 bits per heavy atom. The van der Waals surface area contributed by atoms with E-state index in [1.807, 2.05) is 0 Å². The fourth-order valence-electron chi connectivity index (χ4n) is 2.27. The van der Waals surface area contributed by atoms with E-state index >= 15 is 0 Å². The van der Waals surface area contributed by atoms with Gasteiger partial charge in [-0.05, 0) is 37.1 Å². The molecule has 1 fully saturated rings. The fourth-order valence-corrected chi connectivity index (χ4v) is 2.27. The van der Waals surface area contributed by atoms with E-state index in [1.165, 1.54) is 0 Å². The molecule has 2 aromatic rings. The third-order valence-electron chi connectivity index (χ3n) is 3.49. The van der Waals surface area contributed by atoms with Crippen molar-refractivity contribution in [2.45, 2.75) is 25.2 Å². The Kier molecular flexibility index (Phi) is 2.70. The first-order valence-electron chi connectivity index (χ1n) is 6.15. The molecule has 0 unspecified atom stereocenters. The van der Waals surface area contributed by atoms with E-state index in [-0.39, 0.29) is 17.4 Å². The van der Waals surface area contributed by atoms with Gasteiger partial charge in [-0.15, -0.1) is 5.10 Å². The smallest absolute Gasteiger partial charge is 0.358 e. The maximum absolute atomic E-state index is 11.2. The predicted molar refractivity (Wildman–Crippen MR) is 66.6 cm³/mol. The number of hydrogen-bond acceptors (Lipinski definition) is 4. The van der Waals surface area contributed by atoms with Gasteiger partial charge in [0.2, 0.25) is 0 Å². The number of aromatic hydroxyl groups is 1. The van der Waals surface area contributed by atoms with Gasteiger partial charge < -0.3 is 10.2 Å². The van der Waals surface area contributed by atoms with Crippen molar-refractivity contribution in [1.29, 1.82) is 0 Å². The molecule has 1 heterocycles. The molecule has 0 aliphatic heterocycles. The van der Waals surface area contributed by atoms with E-state index in [9.17, 15) is 15.0 Å². The summed E-state index contributed by atoms with van der Waals surface area (Å²) >= 11 is 0. The van der Waals surface area contributed by atoms with Gasteiger partial charge >= 0.3 is 5.97 Å². The highest BCUT2D eigenvalue weighted by atomic mass is 16.4. The molecule has 0 spiro atoms. The molecule has 98 valence electrons. The van der Waals surface area contributed by atoms with Gasteiger partial charge in [0, 0.05) is 5.92 Å². The van der Waals surface area contributed by atoms with Crippen LogP contribution < -0.4 is 0 Å². The van der Waals surface area contributed by atoms with Crippen LogP contribution in [-0.2, 0) is 0 Å². The van der Waals surface area contributed by atoms with Crippen LogP contribution in [0.3, 0.4) is 0 Å². The lowest BCUT2D eigenvalue weighted by Gasteiger charge is -2.26. The Morgan fingerprint density at radius 1 is 1.26 bits per heavy atom. The Morgan fingerprint density at radius 2 is 1.95 bits per heavy atom. The molecule has 0 radical (unpaired) electrons. The first-order chi connectivity index (χ1) is 9.16. The van der Waals surface area contributed by atoms with Crippen LogP contribution in [0.25, 0.3) is 5.69 Å². The molecule has 6 heteroatoms. The van der Waals surface area contributed by atoms with Crippen molar-refractivity contribution in [3.8, 4) is 11.4 Å². The maximum Gasteiger partial charge on any atom is 0.358 e. The highest BCUT2D eigenvalue weighted by Crippen LogP contribution is 2.38. The van der Waals surface area contributed by atoms with Crippen LogP contribution in [0.15, 0.2) is 24.3 Å². The quantitative estimate of drug-likeness (QED) is 0.879. The predicted octanol–water partition coefficient (Wildman–Crippen LogP) is 1.94. The summed E-state index contributed by atoms with van der Waals surface area (Å²) in [5.41, 5.74) is 1.39. The van der Waals surface area contributed by atoms with Gasteiger partial charge in [-0.3, -0.25) is 0 Å². The van der Waals surface area contributed by atoms with Gasteiger partial charge in [-0.1, -0.05) is 11.6 Å². The van der Waals surface area contributed by atoms with Crippen molar-refractivity contribution in [3.05, 3.63) is 35.7 Å². The molecule has 1 aliphatic carbocycles. The minimum Gasteiger partial charge on any atom is -0.508 e. The number of rotatable bonds is 3. The summed E-state index contributed by atoms with van der Waals surface area (Å²) in [4.78, 5) is 11.2. The van der Waals surface area contributed by atoms with Gasteiger partial charge in [0.25, 0.3) is 0 Å². The Bertz CT molecular complexity index is 615. The molecule has 1 aromatic carbocycles. The average Bonchev–Trinajstić information content (AvgIpc) is 2.72. The minimum absolute atomic E-state index is 0.0257. The molecule has 19 heavy (non-hydrogen) atoms. The highest BCUT2D eigenvalue weighted by Gasteiger charge is 2.30. The third-order valence-corrected chi connectivity index (χ3v) is 3.49. The van der Waals surface area contributed by atoms with E-state index < -0.39 is 5.97 Å². The zero-order valence-electron chi connectivity index (χ0n) is 10.2. The van der Waals surface area contributed by atoms with Crippen LogP contribution in [0.4, 0.5) is 0 Å². The molecule has 3 rings (SSSR count).